The van der Waals surface area contributed by atoms with Crippen molar-refractivity contribution in [3.63, 3.8) is 0 Å². The Morgan fingerprint density at radius 2 is 1.84 bits per heavy atom. The Morgan fingerprint density at radius 3 is 2.37 bits per heavy atom. The van der Waals surface area contributed by atoms with E-state index in [2.05, 4.69) is 19.8 Å². The van der Waals surface area contributed by atoms with Crippen molar-refractivity contribution in [2.24, 2.45) is 0 Å². The number of anilines is 2. The number of ketones is 1. The summed E-state index contributed by atoms with van der Waals surface area (Å²) in [5.74, 6) is 0.0314. The molecule has 0 aliphatic carbocycles. The number of nitrogens with zero attached hydrogens (tertiary/aromatic N) is 4. The largest absolute Gasteiger partial charge is 0.345 e. The lowest BCUT2D eigenvalue weighted by atomic mass is 10.3. The minimum absolute atomic E-state index is 0.0314. The van der Waals surface area contributed by atoms with Crippen molar-refractivity contribution < 1.29 is 4.79 Å². The van der Waals surface area contributed by atoms with Crippen LogP contribution in [-0.4, -0.2) is 41.9 Å². The summed E-state index contributed by atoms with van der Waals surface area (Å²) in [7, 11) is 0. The van der Waals surface area contributed by atoms with Gasteiger partial charge in [-0.1, -0.05) is 0 Å². The van der Waals surface area contributed by atoms with Crippen LogP contribution in [0.15, 0.2) is 17.0 Å². The van der Waals surface area contributed by atoms with Crippen LogP contribution in [0.2, 0.25) is 0 Å². The number of hydrogen-bond acceptors (Lipinski definition) is 7. The lowest BCUT2D eigenvalue weighted by Crippen LogP contribution is -2.46. The normalized spacial score (nSPS) is 15.8. The second-order valence-corrected chi connectivity index (χ2v) is 6.07. The van der Waals surface area contributed by atoms with Crippen molar-refractivity contribution in [2.45, 2.75) is 6.92 Å². The predicted octanol–water partition coefficient (Wildman–Crippen LogP) is 2.13. The van der Waals surface area contributed by atoms with Gasteiger partial charge in [-0.2, -0.15) is 0 Å². The number of thiazole rings is 2. The van der Waals surface area contributed by atoms with E-state index >= 15 is 0 Å². The molecule has 3 rings (SSSR count). The van der Waals surface area contributed by atoms with Gasteiger partial charge in [0.2, 0.25) is 0 Å². The zero-order valence-electron chi connectivity index (χ0n) is 10.6. The molecule has 1 saturated heterocycles. The average molecular weight is 294 g/mol. The summed E-state index contributed by atoms with van der Waals surface area (Å²) in [5.41, 5.74) is 0.572. The lowest BCUT2D eigenvalue weighted by molar-refractivity contribution is 0.101. The monoisotopic (exact) mass is 294 g/mol. The fourth-order valence-corrected chi connectivity index (χ4v) is 3.65. The molecule has 5 nitrogen and oxygen atoms in total. The summed E-state index contributed by atoms with van der Waals surface area (Å²) in [6, 6.07) is 0. The highest BCUT2D eigenvalue weighted by molar-refractivity contribution is 7.14. The standard InChI is InChI=1S/C12H14N4OS2/c1-9(17)10-8-19-12(14-10)16-5-3-15(4-6-16)11-13-2-7-18-11/h2,7-8H,3-6H2,1H3. The van der Waals surface area contributed by atoms with E-state index < -0.39 is 0 Å². The second-order valence-electron chi connectivity index (χ2n) is 4.36. The van der Waals surface area contributed by atoms with Crippen LogP contribution >= 0.6 is 22.7 Å². The summed E-state index contributed by atoms with van der Waals surface area (Å²) in [6.45, 7) is 5.29. The highest BCUT2D eigenvalue weighted by Gasteiger charge is 2.21. The number of hydrogen-bond donors (Lipinski definition) is 0. The van der Waals surface area contributed by atoms with Gasteiger partial charge in [0.1, 0.15) is 5.69 Å². The Balaban J connectivity index is 1.64. The number of aromatic nitrogens is 2. The van der Waals surface area contributed by atoms with Gasteiger partial charge in [0.25, 0.3) is 0 Å². The molecule has 0 bridgehead atoms. The van der Waals surface area contributed by atoms with Crippen LogP contribution in [0.3, 0.4) is 0 Å². The molecule has 0 N–H and O–H groups in total. The van der Waals surface area contributed by atoms with Crippen LogP contribution in [0.1, 0.15) is 17.4 Å². The molecule has 0 amide bonds. The Bertz CT molecular complexity index is 558. The molecule has 1 aliphatic heterocycles. The molecule has 2 aromatic rings. The first-order valence-electron chi connectivity index (χ1n) is 6.10. The van der Waals surface area contributed by atoms with Crippen LogP contribution in [0.5, 0.6) is 0 Å². The Morgan fingerprint density at radius 1 is 1.16 bits per heavy atom. The number of Topliss-reactive ketones (excluding diaryl/α,β-unsaturated/α-hetero) is 1. The van der Waals surface area contributed by atoms with Gasteiger partial charge in [-0.25, -0.2) is 9.97 Å². The van der Waals surface area contributed by atoms with E-state index in [4.69, 9.17) is 0 Å². The van der Waals surface area contributed by atoms with E-state index in [1.807, 2.05) is 17.0 Å². The van der Waals surface area contributed by atoms with Gasteiger partial charge in [-0.15, -0.1) is 22.7 Å². The molecule has 0 aromatic carbocycles. The molecule has 100 valence electrons. The van der Waals surface area contributed by atoms with Gasteiger partial charge >= 0.3 is 0 Å². The van der Waals surface area contributed by atoms with Crippen LogP contribution in [0, 0.1) is 0 Å². The minimum atomic E-state index is 0.0314. The molecular weight excluding hydrogens is 280 g/mol. The minimum Gasteiger partial charge on any atom is -0.345 e. The van der Waals surface area contributed by atoms with E-state index in [-0.39, 0.29) is 5.78 Å². The van der Waals surface area contributed by atoms with E-state index in [0.717, 1.165) is 36.4 Å². The maximum absolute atomic E-state index is 11.3. The van der Waals surface area contributed by atoms with Crippen molar-refractivity contribution in [1.82, 2.24) is 9.97 Å². The van der Waals surface area contributed by atoms with Gasteiger partial charge < -0.3 is 9.80 Å². The molecule has 2 aromatic heterocycles. The summed E-state index contributed by atoms with van der Waals surface area (Å²) in [4.78, 5) is 24.5. The third-order valence-corrected chi connectivity index (χ3v) is 4.83. The number of carbonyl (C=O) groups is 1. The predicted molar refractivity (Wildman–Crippen MR) is 78.7 cm³/mol. The number of carbonyl (C=O) groups excluding carboxylic acids is 1. The van der Waals surface area contributed by atoms with Crippen LogP contribution < -0.4 is 9.80 Å². The SMILES string of the molecule is CC(=O)c1csc(N2CCN(c3nccs3)CC2)n1. The lowest BCUT2D eigenvalue weighted by Gasteiger charge is -2.34. The van der Waals surface area contributed by atoms with Crippen LogP contribution in [0.25, 0.3) is 0 Å². The van der Waals surface area contributed by atoms with Gasteiger partial charge in [0, 0.05) is 50.1 Å². The average Bonchev–Trinajstić information content (AvgIpc) is 3.11. The van der Waals surface area contributed by atoms with Crippen molar-refractivity contribution in [3.05, 3.63) is 22.7 Å². The van der Waals surface area contributed by atoms with Gasteiger partial charge in [0.05, 0.1) is 0 Å². The van der Waals surface area contributed by atoms with Gasteiger partial charge in [0.15, 0.2) is 16.0 Å². The third kappa shape index (κ3) is 2.62. The summed E-state index contributed by atoms with van der Waals surface area (Å²) < 4.78 is 0. The Hall–Kier alpha value is -1.47. The topological polar surface area (TPSA) is 49.3 Å². The van der Waals surface area contributed by atoms with E-state index in [1.54, 1.807) is 29.6 Å². The molecular formula is C12H14N4OS2. The highest BCUT2D eigenvalue weighted by atomic mass is 32.1. The molecule has 0 unspecified atom stereocenters. The molecule has 0 saturated carbocycles. The first-order valence-corrected chi connectivity index (χ1v) is 7.86. The van der Waals surface area contributed by atoms with Crippen molar-refractivity contribution in [2.75, 3.05) is 36.0 Å². The van der Waals surface area contributed by atoms with E-state index in [0.29, 0.717) is 5.69 Å². The Labute approximate surface area is 119 Å². The quantitative estimate of drug-likeness (QED) is 0.812. The summed E-state index contributed by atoms with van der Waals surface area (Å²) in [6.07, 6.45) is 1.84. The first kappa shape index (κ1) is 12.6. The molecule has 0 atom stereocenters. The molecule has 7 heteroatoms. The van der Waals surface area contributed by atoms with Crippen molar-refractivity contribution in [3.8, 4) is 0 Å². The van der Waals surface area contributed by atoms with E-state index in [9.17, 15) is 4.79 Å². The molecule has 0 radical (unpaired) electrons. The third-order valence-electron chi connectivity index (χ3n) is 3.09. The van der Waals surface area contributed by atoms with Crippen LogP contribution in [0.4, 0.5) is 10.3 Å². The molecule has 1 fully saturated rings. The fourth-order valence-electron chi connectivity index (χ4n) is 2.03. The summed E-state index contributed by atoms with van der Waals surface area (Å²) >= 11 is 3.22. The highest BCUT2D eigenvalue weighted by Crippen LogP contribution is 2.24. The Kier molecular flexibility index (Phi) is 3.48. The van der Waals surface area contributed by atoms with Crippen LogP contribution in [-0.2, 0) is 0 Å². The van der Waals surface area contributed by atoms with Gasteiger partial charge in [-0.05, 0) is 0 Å². The van der Waals surface area contributed by atoms with E-state index in [1.165, 1.54) is 0 Å². The van der Waals surface area contributed by atoms with Gasteiger partial charge in [-0.3, -0.25) is 4.79 Å². The molecule has 1 aliphatic rings. The maximum atomic E-state index is 11.3. The van der Waals surface area contributed by atoms with Crippen molar-refractivity contribution >= 4 is 38.7 Å². The van der Waals surface area contributed by atoms with Crippen molar-refractivity contribution in [1.29, 1.82) is 0 Å². The number of rotatable bonds is 3. The summed E-state index contributed by atoms with van der Waals surface area (Å²) in [5, 5.41) is 5.87. The maximum Gasteiger partial charge on any atom is 0.186 e. The molecule has 19 heavy (non-hydrogen) atoms. The fraction of sp³-hybridized carbons (Fsp3) is 0.417. The zero-order chi connectivity index (χ0) is 13.2. The smallest absolute Gasteiger partial charge is 0.186 e. The second kappa shape index (κ2) is 5.26. The zero-order valence-corrected chi connectivity index (χ0v) is 12.2. The molecule has 0 spiro atoms. The number of piperazine rings is 1. The first-order chi connectivity index (χ1) is 9.24. The molecule has 3 heterocycles.